The van der Waals surface area contributed by atoms with Gasteiger partial charge in [0.2, 0.25) is 0 Å². The zero-order valence-corrected chi connectivity index (χ0v) is 28.8. The van der Waals surface area contributed by atoms with E-state index >= 15 is 0 Å². The number of hydrogen-bond donors (Lipinski definition) is 1. The van der Waals surface area contributed by atoms with Gasteiger partial charge in [-0.25, -0.2) is 4.79 Å². The van der Waals surface area contributed by atoms with Crippen LogP contribution in [-0.2, 0) is 42.9 Å². The summed E-state index contributed by atoms with van der Waals surface area (Å²) in [6.45, 7) is 14.1. The summed E-state index contributed by atoms with van der Waals surface area (Å²) in [5.74, 6) is -3.45. The van der Waals surface area contributed by atoms with Gasteiger partial charge in [-0.2, -0.15) is 0 Å². The van der Waals surface area contributed by atoms with Crippen molar-refractivity contribution in [1.82, 2.24) is 0 Å². The van der Waals surface area contributed by atoms with Crippen molar-refractivity contribution in [2.24, 2.45) is 28.1 Å². The second-order valence-electron chi connectivity index (χ2n) is 14.4. The molecule has 0 bridgehead atoms. The minimum Gasteiger partial charge on any atom is -0.472 e. The predicted octanol–water partition coefficient (Wildman–Crippen LogP) is 4.82. The summed E-state index contributed by atoms with van der Waals surface area (Å²) < 4.78 is 35.8. The fourth-order valence-corrected chi connectivity index (χ4v) is 9.91. The molecule has 0 spiro atoms. The summed E-state index contributed by atoms with van der Waals surface area (Å²) in [4.78, 5) is 52.3. The highest BCUT2D eigenvalue weighted by atomic mass is 16.6. The van der Waals surface area contributed by atoms with Crippen LogP contribution in [0.4, 0.5) is 0 Å². The zero-order chi connectivity index (χ0) is 34.6. The zero-order valence-electron chi connectivity index (χ0n) is 28.8. The fourth-order valence-electron chi connectivity index (χ4n) is 9.91. The number of ether oxygens (including phenoxy) is 5. The average molecular weight is 657 g/mol. The van der Waals surface area contributed by atoms with Crippen LogP contribution in [-0.4, -0.2) is 73.2 Å². The number of esters is 4. The van der Waals surface area contributed by atoms with Crippen LogP contribution in [0.15, 0.2) is 45.8 Å². The molecule has 0 amide bonds. The molecule has 11 atom stereocenters. The summed E-state index contributed by atoms with van der Waals surface area (Å²) in [5, 5.41) is 12.0. The first-order valence-corrected chi connectivity index (χ1v) is 16.3. The number of methoxy groups -OCH3 is 1. The number of furan rings is 1. The van der Waals surface area contributed by atoms with Gasteiger partial charge in [0.05, 0.1) is 38.5 Å². The average Bonchev–Trinajstić information content (AvgIpc) is 3.73. The molecule has 3 fully saturated rings. The summed E-state index contributed by atoms with van der Waals surface area (Å²) in [6, 6.07) is 1.86. The van der Waals surface area contributed by atoms with Crippen molar-refractivity contribution in [3.05, 3.63) is 47.0 Å². The first kappa shape index (κ1) is 34.9. The lowest BCUT2D eigenvalue weighted by Crippen LogP contribution is -2.72. The standard InChI is InChI=1S/C36H48O11/c1-10-18(2)33(41)47-32-30-31-34(6,17-44-30)26(45-20(4)37)15-27(46-21(5)38)35(31,7)25(14-28(40)42-9)36(32,8)29-19(3)23(13-24(29)39)22-11-12-43-16-22/h10-12,16,23-27,30-32,39H,13-15,17H2,1-9H3/b18-10+/t23-,24+,25-,26-,27+,30-,31+,32-,34-,35+,36-/m1/s1. The molecule has 4 aliphatic rings. The molecule has 1 aromatic rings. The summed E-state index contributed by atoms with van der Waals surface area (Å²) >= 11 is 0. The Morgan fingerprint density at radius 2 is 1.68 bits per heavy atom. The number of aliphatic hydroxyl groups is 1. The van der Waals surface area contributed by atoms with Crippen molar-refractivity contribution >= 4 is 23.9 Å². The second kappa shape index (κ2) is 12.5. The normalized spacial score (nSPS) is 39.7. The van der Waals surface area contributed by atoms with Gasteiger partial charge in [0.15, 0.2) is 0 Å². The van der Waals surface area contributed by atoms with Crippen molar-refractivity contribution in [3.8, 4) is 0 Å². The molecule has 2 heterocycles. The van der Waals surface area contributed by atoms with Gasteiger partial charge in [0.25, 0.3) is 0 Å². The van der Waals surface area contributed by atoms with Crippen molar-refractivity contribution in [2.75, 3.05) is 13.7 Å². The lowest BCUT2D eigenvalue weighted by atomic mass is 9.39. The molecule has 1 aliphatic heterocycles. The van der Waals surface area contributed by atoms with Crippen LogP contribution in [0.1, 0.15) is 86.1 Å². The second-order valence-corrected chi connectivity index (χ2v) is 14.4. The van der Waals surface area contributed by atoms with Crippen LogP contribution >= 0.6 is 0 Å². The fraction of sp³-hybridized carbons (Fsp3) is 0.667. The Morgan fingerprint density at radius 3 is 2.26 bits per heavy atom. The topological polar surface area (TPSA) is 148 Å². The van der Waals surface area contributed by atoms with E-state index in [0.29, 0.717) is 17.6 Å². The predicted molar refractivity (Wildman–Crippen MR) is 167 cm³/mol. The molecule has 1 N–H and O–H groups in total. The molecule has 258 valence electrons. The van der Waals surface area contributed by atoms with Gasteiger partial charge in [0.1, 0.15) is 18.3 Å². The van der Waals surface area contributed by atoms with Gasteiger partial charge in [-0.3, -0.25) is 14.4 Å². The lowest BCUT2D eigenvalue weighted by molar-refractivity contribution is -0.260. The minimum absolute atomic E-state index is 0.130. The lowest BCUT2D eigenvalue weighted by Gasteiger charge is -2.66. The number of hydrogen-bond acceptors (Lipinski definition) is 11. The van der Waals surface area contributed by atoms with Crippen LogP contribution in [0.25, 0.3) is 0 Å². The van der Waals surface area contributed by atoms with Gasteiger partial charge in [0, 0.05) is 60.3 Å². The molecule has 0 radical (unpaired) electrons. The number of allylic oxidation sites excluding steroid dienone is 2. The number of aliphatic hydroxyl groups excluding tert-OH is 1. The third-order valence-electron chi connectivity index (χ3n) is 12.0. The van der Waals surface area contributed by atoms with Crippen molar-refractivity contribution < 1.29 is 52.4 Å². The molecular formula is C36H48O11. The molecular weight excluding hydrogens is 608 g/mol. The molecule has 2 saturated carbocycles. The number of rotatable bonds is 8. The molecule has 0 aromatic carbocycles. The molecule has 11 nitrogen and oxygen atoms in total. The van der Waals surface area contributed by atoms with E-state index in [2.05, 4.69) is 0 Å². The molecule has 5 rings (SSSR count). The Hall–Kier alpha value is -3.44. The van der Waals surface area contributed by atoms with E-state index < -0.39 is 82.5 Å². The van der Waals surface area contributed by atoms with Crippen molar-refractivity contribution in [2.45, 2.75) is 111 Å². The summed E-state index contributed by atoms with van der Waals surface area (Å²) in [7, 11) is 1.31. The number of carbonyl (C=O) groups excluding carboxylic acids is 4. The van der Waals surface area contributed by atoms with Crippen LogP contribution in [0, 0.1) is 28.1 Å². The largest absolute Gasteiger partial charge is 0.472 e. The highest BCUT2D eigenvalue weighted by Gasteiger charge is 2.77. The van der Waals surface area contributed by atoms with Gasteiger partial charge in [-0.15, -0.1) is 0 Å². The molecule has 1 aromatic heterocycles. The SMILES string of the molecule is C/C=C(\C)C(=O)O[C@@H]1[C@@H]2OC[C@]3(C)[C@H](OC(C)=O)C[C@H](OC(C)=O)[C@@](C)([C@@H]23)[C@@H](CC(=O)OC)[C@]1(C)C1=C(C)[C@H](c2ccoc2)C[C@@H]1O. The van der Waals surface area contributed by atoms with Gasteiger partial charge < -0.3 is 33.2 Å². The summed E-state index contributed by atoms with van der Waals surface area (Å²) in [6.07, 6.45) is 1.09. The Bertz CT molecular complexity index is 1480. The number of carbonyl (C=O) groups is 4. The van der Waals surface area contributed by atoms with Crippen LogP contribution in [0.2, 0.25) is 0 Å². The maximum Gasteiger partial charge on any atom is 0.333 e. The monoisotopic (exact) mass is 656 g/mol. The third-order valence-corrected chi connectivity index (χ3v) is 12.0. The van der Waals surface area contributed by atoms with E-state index in [9.17, 15) is 24.3 Å². The Kier molecular flexibility index (Phi) is 9.31. The van der Waals surface area contributed by atoms with Gasteiger partial charge in [-0.05, 0) is 50.3 Å². The molecule has 0 unspecified atom stereocenters. The van der Waals surface area contributed by atoms with E-state index in [1.807, 2.05) is 33.8 Å². The van der Waals surface area contributed by atoms with E-state index in [-0.39, 0.29) is 25.4 Å². The Balaban J connectivity index is 1.82. The van der Waals surface area contributed by atoms with Crippen LogP contribution in [0.5, 0.6) is 0 Å². The molecule has 11 heteroatoms. The maximum atomic E-state index is 13.7. The smallest absolute Gasteiger partial charge is 0.333 e. The highest BCUT2D eigenvalue weighted by Crippen LogP contribution is 2.72. The van der Waals surface area contributed by atoms with Gasteiger partial charge in [-0.1, -0.05) is 32.4 Å². The van der Waals surface area contributed by atoms with E-state index in [0.717, 1.165) is 11.1 Å². The molecule has 1 saturated heterocycles. The van der Waals surface area contributed by atoms with E-state index in [4.69, 9.17) is 28.1 Å². The van der Waals surface area contributed by atoms with E-state index in [1.165, 1.54) is 21.0 Å². The molecule has 3 aliphatic carbocycles. The Morgan fingerprint density at radius 1 is 1.02 bits per heavy atom. The first-order valence-electron chi connectivity index (χ1n) is 16.3. The van der Waals surface area contributed by atoms with Gasteiger partial charge >= 0.3 is 23.9 Å². The van der Waals surface area contributed by atoms with Crippen LogP contribution in [0.3, 0.4) is 0 Å². The first-order chi connectivity index (χ1) is 22.0. The highest BCUT2D eigenvalue weighted by molar-refractivity contribution is 5.88. The molecule has 47 heavy (non-hydrogen) atoms. The van der Waals surface area contributed by atoms with Crippen molar-refractivity contribution in [3.63, 3.8) is 0 Å². The van der Waals surface area contributed by atoms with E-state index in [1.54, 1.807) is 32.4 Å². The summed E-state index contributed by atoms with van der Waals surface area (Å²) in [5.41, 5.74) is -0.205. The maximum absolute atomic E-state index is 13.7. The van der Waals surface area contributed by atoms with Crippen molar-refractivity contribution in [1.29, 1.82) is 0 Å². The quantitative estimate of drug-likeness (QED) is 0.178. The Labute approximate surface area is 276 Å². The third kappa shape index (κ3) is 5.43. The van der Waals surface area contributed by atoms with Crippen LogP contribution < -0.4 is 0 Å². The minimum atomic E-state index is -1.21.